The van der Waals surface area contributed by atoms with Crippen LogP contribution in [-0.2, 0) is 30.8 Å². The fourth-order valence-corrected chi connectivity index (χ4v) is 6.07. The summed E-state index contributed by atoms with van der Waals surface area (Å²) in [6.07, 6.45) is -7.84. The van der Waals surface area contributed by atoms with Crippen LogP contribution in [0.4, 0.5) is 18.0 Å². The molecule has 1 amide bonds. The SMILES string of the molecule is COc1ccc(COCC(OC(=O)N2CCC3(CC2)CN(S(=O)(=O)c2ccccc2)CCO3)C(F)(F)F)cc1. The molecule has 0 bridgehead atoms. The van der Waals surface area contributed by atoms with E-state index in [9.17, 15) is 26.4 Å². The van der Waals surface area contributed by atoms with Gasteiger partial charge < -0.3 is 23.8 Å². The lowest BCUT2D eigenvalue weighted by Gasteiger charge is -2.46. The predicted octanol–water partition coefficient (Wildman–Crippen LogP) is 3.84. The molecule has 0 aliphatic carbocycles. The minimum absolute atomic E-state index is 0.0648. The van der Waals surface area contributed by atoms with Crippen molar-refractivity contribution in [2.45, 2.75) is 42.2 Å². The van der Waals surface area contributed by atoms with E-state index in [4.69, 9.17) is 18.9 Å². The van der Waals surface area contributed by atoms with E-state index >= 15 is 0 Å². The number of carbonyl (C=O) groups excluding carboxylic acids is 1. The molecule has 0 N–H and O–H groups in total. The summed E-state index contributed by atoms with van der Waals surface area (Å²) < 4.78 is 89.2. The quantitative estimate of drug-likeness (QED) is 0.475. The molecule has 2 heterocycles. The van der Waals surface area contributed by atoms with Gasteiger partial charge in [0, 0.05) is 26.2 Å². The minimum atomic E-state index is -4.81. The second kappa shape index (κ2) is 12.1. The second-order valence-electron chi connectivity index (χ2n) is 9.45. The molecule has 2 fully saturated rings. The molecule has 214 valence electrons. The summed E-state index contributed by atoms with van der Waals surface area (Å²) in [4.78, 5) is 14.0. The Morgan fingerprint density at radius 2 is 1.72 bits per heavy atom. The van der Waals surface area contributed by atoms with Crippen LogP contribution < -0.4 is 4.74 Å². The van der Waals surface area contributed by atoms with Crippen LogP contribution in [0.15, 0.2) is 59.5 Å². The number of sulfonamides is 1. The molecular weight excluding hydrogens is 541 g/mol. The van der Waals surface area contributed by atoms with Crippen molar-refractivity contribution in [3.63, 3.8) is 0 Å². The number of ether oxygens (including phenoxy) is 4. The lowest BCUT2D eigenvalue weighted by Crippen LogP contribution is -2.58. The second-order valence-corrected chi connectivity index (χ2v) is 11.4. The highest BCUT2D eigenvalue weighted by atomic mass is 32.2. The average Bonchev–Trinajstić information content (AvgIpc) is 2.93. The molecule has 2 aliphatic rings. The highest BCUT2D eigenvalue weighted by molar-refractivity contribution is 7.89. The number of methoxy groups -OCH3 is 1. The molecule has 1 unspecified atom stereocenters. The topological polar surface area (TPSA) is 94.6 Å². The Balaban J connectivity index is 1.31. The molecule has 39 heavy (non-hydrogen) atoms. The van der Waals surface area contributed by atoms with Crippen molar-refractivity contribution in [2.24, 2.45) is 0 Å². The van der Waals surface area contributed by atoms with Gasteiger partial charge in [-0.25, -0.2) is 13.2 Å². The number of alkyl halides is 3. The van der Waals surface area contributed by atoms with Gasteiger partial charge in [0.25, 0.3) is 0 Å². The van der Waals surface area contributed by atoms with Crippen molar-refractivity contribution in [3.8, 4) is 5.75 Å². The van der Waals surface area contributed by atoms with Crippen molar-refractivity contribution in [1.82, 2.24) is 9.21 Å². The highest BCUT2D eigenvalue weighted by Crippen LogP contribution is 2.33. The van der Waals surface area contributed by atoms with E-state index in [1.54, 1.807) is 42.5 Å². The molecule has 0 aromatic heterocycles. The fourth-order valence-electron chi connectivity index (χ4n) is 4.55. The smallest absolute Gasteiger partial charge is 0.427 e. The number of nitrogens with zero attached hydrogens (tertiary/aromatic N) is 2. The van der Waals surface area contributed by atoms with Crippen molar-refractivity contribution >= 4 is 16.1 Å². The van der Waals surface area contributed by atoms with E-state index in [1.165, 1.54) is 28.4 Å². The largest absolute Gasteiger partial charge is 0.497 e. The van der Waals surface area contributed by atoms with Gasteiger partial charge in [-0.2, -0.15) is 17.5 Å². The number of piperidine rings is 1. The van der Waals surface area contributed by atoms with Crippen molar-refractivity contribution in [2.75, 3.05) is 46.5 Å². The first-order chi connectivity index (χ1) is 18.5. The van der Waals surface area contributed by atoms with Crippen LogP contribution in [0.2, 0.25) is 0 Å². The van der Waals surface area contributed by atoms with Crippen LogP contribution in [0.3, 0.4) is 0 Å². The first-order valence-electron chi connectivity index (χ1n) is 12.4. The zero-order valence-electron chi connectivity index (χ0n) is 21.4. The van der Waals surface area contributed by atoms with Crippen molar-refractivity contribution in [1.29, 1.82) is 0 Å². The maximum absolute atomic E-state index is 13.6. The molecule has 0 radical (unpaired) electrons. The Morgan fingerprint density at radius 3 is 2.33 bits per heavy atom. The van der Waals surface area contributed by atoms with Gasteiger partial charge in [-0.3, -0.25) is 0 Å². The molecule has 1 atom stereocenters. The monoisotopic (exact) mass is 572 g/mol. The Labute approximate surface area is 225 Å². The van der Waals surface area contributed by atoms with Gasteiger partial charge in [-0.05, 0) is 42.7 Å². The molecule has 2 aliphatic heterocycles. The Hall–Kier alpha value is -2.87. The number of carbonyl (C=O) groups is 1. The summed E-state index contributed by atoms with van der Waals surface area (Å²) in [5.74, 6) is 0.605. The Morgan fingerprint density at radius 1 is 1.05 bits per heavy atom. The summed E-state index contributed by atoms with van der Waals surface area (Å²) in [6.45, 7) is -0.358. The molecule has 0 saturated carbocycles. The van der Waals surface area contributed by atoms with Gasteiger partial charge in [-0.1, -0.05) is 30.3 Å². The van der Waals surface area contributed by atoms with E-state index in [1.807, 2.05) is 0 Å². The number of amides is 1. The first kappa shape index (κ1) is 29.1. The number of halogens is 3. The van der Waals surface area contributed by atoms with Crippen LogP contribution in [-0.4, -0.2) is 88.1 Å². The van der Waals surface area contributed by atoms with Gasteiger partial charge in [0.1, 0.15) is 5.75 Å². The van der Waals surface area contributed by atoms with Crippen LogP contribution in [0, 0.1) is 0 Å². The van der Waals surface area contributed by atoms with Gasteiger partial charge in [0.2, 0.25) is 16.1 Å². The zero-order chi connectivity index (χ0) is 28.1. The normalized spacial score (nSPS) is 19.0. The van der Waals surface area contributed by atoms with E-state index in [0.29, 0.717) is 11.3 Å². The predicted molar refractivity (Wildman–Crippen MR) is 134 cm³/mol. The summed E-state index contributed by atoms with van der Waals surface area (Å²) in [5.41, 5.74) is -0.193. The lowest BCUT2D eigenvalue weighted by atomic mass is 9.90. The third kappa shape index (κ3) is 7.21. The summed E-state index contributed by atoms with van der Waals surface area (Å²) >= 11 is 0. The van der Waals surface area contributed by atoms with Crippen molar-refractivity contribution in [3.05, 3.63) is 60.2 Å². The molecule has 13 heteroatoms. The summed E-state index contributed by atoms with van der Waals surface area (Å²) in [7, 11) is -2.23. The van der Waals surface area contributed by atoms with Crippen LogP contribution in [0.5, 0.6) is 5.75 Å². The number of hydrogen-bond acceptors (Lipinski definition) is 7. The summed E-state index contributed by atoms with van der Waals surface area (Å²) in [5, 5.41) is 0. The van der Waals surface area contributed by atoms with Gasteiger partial charge in [-0.15, -0.1) is 0 Å². The fraction of sp³-hybridized carbons (Fsp3) is 0.500. The molecule has 2 aromatic carbocycles. The maximum atomic E-state index is 13.6. The third-order valence-corrected chi connectivity index (χ3v) is 8.69. The van der Waals surface area contributed by atoms with E-state index in [-0.39, 0.29) is 57.1 Å². The highest BCUT2D eigenvalue weighted by Gasteiger charge is 2.47. The zero-order valence-corrected chi connectivity index (χ0v) is 22.2. The first-order valence-corrected chi connectivity index (χ1v) is 13.9. The Bertz CT molecular complexity index is 1200. The van der Waals surface area contributed by atoms with E-state index < -0.39 is 40.6 Å². The number of likely N-dealkylation sites (tertiary alicyclic amines) is 1. The lowest BCUT2D eigenvalue weighted by molar-refractivity contribution is -0.220. The van der Waals surface area contributed by atoms with Crippen molar-refractivity contribution < 1.29 is 45.3 Å². The number of benzene rings is 2. The number of rotatable bonds is 8. The minimum Gasteiger partial charge on any atom is -0.497 e. The van der Waals surface area contributed by atoms with Crippen LogP contribution in [0.1, 0.15) is 18.4 Å². The van der Waals surface area contributed by atoms with Crippen LogP contribution in [0.25, 0.3) is 0 Å². The molecule has 2 aromatic rings. The van der Waals surface area contributed by atoms with Crippen LogP contribution >= 0.6 is 0 Å². The van der Waals surface area contributed by atoms with E-state index in [2.05, 4.69) is 0 Å². The third-order valence-electron chi connectivity index (χ3n) is 6.83. The van der Waals surface area contributed by atoms with Gasteiger partial charge in [0.05, 0.1) is 37.4 Å². The summed E-state index contributed by atoms with van der Waals surface area (Å²) in [6, 6.07) is 14.7. The molecular formula is C26H31F3N2O7S. The maximum Gasteiger partial charge on any atom is 0.427 e. The van der Waals surface area contributed by atoms with E-state index in [0.717, 1.165) is 0 Å². The Kier molecular flexibility index (Phi) is 9.04. The molecule has 2 saturated heterocycles. The van der Waals surface area contributed by atoms with Gasteiger partial charge >= 0.3 is 12.3 Å². The standard InChI is InChI=1S/C26H31F3N2O7S/c1-35-21-9-7-20(8-10-21)17-36-18-23(26(27,28)29)38-24(32)30-13-11-25(12-14-30)19-31(15-16-37-25)39(33,34)22-5-3-2-4-6-22/h2-10,23H,11-19H2,1H3. The molecule has 4 rings (SSSR count). The van der Waals surface area contributed by atoms with Gasteiger partial charge in [0.15, 0.2) is 0 Å². The average molecular weight is 573 g/mol. The number of morpholine rings is 1. The molecule has 1 spiro atoms. The molecule has 9 nitrogen and oxygen atoms in total. The number of hydrogen-bond donors (Lipinski definition) is 0.